The molecule has 10 atom stereocenters. The van der Waals surface area contributed by atoms with Crippen molar-refractivity contribution in [2.24, 2.45) is 57.2 Å². The minimum atomic E-state index is -0.985. The number of fused-ring (bicyclic) bond motifs is 2. The molecule has 0 spiro atoms. The monoisotopic (exact) mass is 1010 g/mol. The van der Waals surface area contributed by atoms with Crippen molar-refractivity contribution in [2.45, 2.75) is 221 Å². The van der Waals surface area contributed by atoms with Crippen LogP contribution in [0.4, 0.5) is 0 Å². The minimum absolute atomic E-state index is 0. The lowest BCUT2D eigenvalue weighted by molar-refractivity contribution is -0.174. The Bertz CT molecular complexity index is 2120. The largest absolute Gasteiger partial charge is 0.577 e. The maximum absolute atomic E-state index is 12.2. The summed E-state index contributed by atoms with van der Waals surface area (Å²) in [7, 11) is 0. The van der Waals surface area contributed by atoms with Gasteiger partial charge in [-0.1, -0.05) is 65.5 Å². The predicted octanol–water partition coefficient (Wildman–Crippen LogP) is 10.9. The molecule has 71 heavy (non-hydrogen) atoms. The highest BCUT2D eigenvalue weighted by Gasteiger charge is 2.73. The number of carbonyl (C=O) groups is 6. The highest BCUT2D eigenvalue weighted by molar-refractivity contribution is 6.92. The molecule has 2 aliphatic heterocycles. The molecule has 6 aliphatic carbocycles. The van der Waals surface area contributed by atoms with Crippen LogP contribution in [0.3, 0.4) is 0 Å². The Morgan fingerprint density at radius 2 is 0.972 bits per heavy atom. The molecule has 14 nitrogen and oxygen atoms in total. The van der Waals surface area contributed by atoms with Crippen LogP contribution < -0.4 is 0 Å². The zero-order chi connectivity index (χ0) is 52.4. The number of nitrogens with zero attached hydrogens (tertiary/aromatic N) is 2. The molecule has 2 heterocycles. The second-order valence-corrected chi connectivity index (χ2v) is 24.0. The predicted molar refractivity (Wildman–Crippen MR) is 269 cm³/mol. The molecular weight excluding hydrogens is 924 g/mol. The van der Waals surface area contributed by atoms with E-state index in [1.54, 1.807) is 13.8 Å². The Balaban J connectivity index is 0.000000206. The Morgan fingerprint density at radius 1 is 0.606 bits per heavy atom. The van der Waals surface area contributed by atoms with Crippen molar-refractivity contribution < 1.29 is 57.2 Å². The van der Waals surface area contributed by atoms with Gasteiger partial charge in [0.1, 0.15) is 35.6 Å². The van der Waals surface area contributed by atoms with Gasteiger partial charge in [0.05, 0.1) is 23.0 Å². The van der Waals surface area contributed by atoms with Crippen molar-refractivity contribution in [1.82, 2.24) is 0 Å². The fourth-order valence-corrected chi connectivity index (χ4v) is 11.8. The van der Waals surface area contributed by atoms with Gasteiger partial charge in [-0.3, -0.25) is 19.2 Å². The van der Waals surface area contributed by atoms with E-state index in [2.05, 4.69) is 39.1 Å². The summed E-state index contributed by atoms with van der Waals surface area (Å²) in [5, 5.41) is 18.5. The number of hydrogen-bond acceptors (Lipinski definition) is 14. The van der Waals surface area contributed by atoms with Crippen LogP contribution in [0.5, 0.6) is 0 Å². The molecule has 396 valence electrons. The summed E-state index contributed by atoms with van der Waals surface area (Å²) in [5.74, 6) is -0.940. The van der Waals surface area contributed by atoms with Crippen LogP contribution in [0.15, 0.2) is 24.3 Å². The number of esters is 6. The molecule has 0 aromatic rings. The molecule has 10 unspecified atom stereocenters. The zero-order valence-electron chi connectivity index (χ0n) is 44.9. The van der Waals surface area contributed by atoms with Crippen molar-refractivity contribution in [2.75, 3.05) is 0 Å². The van der Waals surface area contributed by atoms with Gasteiger partial charge in [-0.2, -0.15) is 10.5 Å². The minimum Gasteiger partial charge on any atom is -0.577 e. The third kappa shape index (κ3) is 12.2. The van der Waals surface area contributed by atoms with Gasteiger partial charge in [0.25, 0.3) is 0 Å². The molecule has 0 N–H and O–H groups in total. The summed E-state index contributed by atoms with van der Waals surface area (Å²) in [4.78, 5) is 71.1. The molecule has 0 radical (unpaired) electrons. The van der Waals surface area contributed by atoms with Gasteiger partial charge in [0.15, 0.2) is 10.8 Å². The molecule has 4 bridgehead atoms. The molecule has 8 rings (SSSR count). The van der Waals surface area contributed by atoms with Gasteiger partial charge in [-0.05, 0) is 145 Å². The summed E-state index contributed by atoms with van der Waals surface area (Å²) < 4.78 is 32.9. The molecule has 0 amide bonds. The van der Waals surface area contributed by atoms with Crippen LogP contribution in [-0.2, 0) is 57.2 Å². The van der Waals surface area contributed by atoms with Crippen LogP contribution >= 0.6 is 9.90 Å². The molecule has 0 aromatic carbocycles. The summed E-state index contributed by atoms with van der Waals surface area (Å²) in [6.07, 6.45) is 14.7. The fourth-order valence-electron chi connectivity index (χ4n) is 11.8. The first-order chi connectivity index (χ1) is 32.6. The van der Waals surface area contributed by atoms with E-state index in [4.69, 9.17) is 28.4 Å². The lowest BCUT2D eigenvalue weighted by Gasteiger charge is -2.38. The smallest absolute Gasteiger partial charge is 0.333 e. The molecule has 8 fully saturated rings. The van der Waals surface area contributed by atoms with Crippen molar-refractivity contribution in [3.63, 3.8) is 0 Å². The average Bonchev–Trinajstić information content (AvgIpc) is 4.14. The fraction of sp³-hybridized carbons (Fsp3) is 0.786. The van der Waals surface area contributed by atoms with Crippen molar-refractivity contribution in [3.8, 4) is 12.1 Å². The molecule has 6 saturated carbocycles. The van der Waals surface area contributed by atoms with Crippen LogP contribution in [0.2, 0.25) is 0 Å². The quantitative estimate of drug-likeness (QED) is 0.0772. The molecule has 0 aromatic heterocycles. The maximum atomic E-state index is 12.2. The number of nitriles is 2. The van der Waals surface area contributed by atoms with Crippen molar-refractivity contribution in [1.29, 1.82) is 10.5 Å². The number of rotatable bonds is 12. The molecule has 8 aliphatic rings. The molecular formula is C56H84N2O12P-. The first-order valence-electron chi connectivity index (χ1n) is 26.0. The van der Waals surface area contributed by atoms with E-state index in [1.165, 1.54) is 64.2 Å². The number of carbonyl (C=O) groups excluding carboxylic acids is 6. The lowest BCUT2D eigenvalue weighted by atomic mass is 9.74. The molecule has 15 heteroatoms. The average molecular weight is 1010 g/mol. The van der Waals surface area contributed by atoms with Gasteiger partial charge in [0, 0.05) is 34.8 Å². The Hall–Kier alpha value is -4.29. The van der Waals surface area contributed by atoms with Crippen LogP contribution in [0.25, 0.3) is 0 Å². The first kappa shape index (κ1) is 59.3. The van der Waals surface area contributed by atoms with E-state index >= 15 is 0 Å². The second-order valence-electron chi connectivity index (χ2n) is 24.0. The Morgan fingerprint density at radius 3 is 1.34 bits per heavy atom. The highest BCUT2D eigenvalue weighted by atomic mass is 31.0. The first-order valence-corrected chi connectivity index (χ1v) is 26.0. The van der Waals surface area contributed by atoms with Gasteiger partial charge in [-0.25, -0.2) is 9.59 Å². The van der Waals surface area contributed by atoms with E-state index in [0.29, 0.717) is 42.2 Å². The van der Waals surface area contributed by atoms with Crippen molar-refractivity contribution >= 4 is 45.7 Å². The summed E-state index contributed by atoms with van der Waals surface area (Å²) in [6.45, 7) is 30.2. The summed E-state index contributed by atoms with van der Waals surface area (Å²) in [6, 6.07) is 4.26. The Labute approximate surface area is 427 Å². The highest BCUT2D eigenvalue weighted by Crippen LogP contribution is 2.63. The van der Waals surface area contributed by atoms with E-state index in [9.17, 15) is 39.3 Å². The number of hydrogen-bond donors (Lipinski definition) is 0. The third-order valence-corrected chi connectivity index (χ3v) is 17.5. The van der Waals surface area contributed by atoms with Gasteiger partial charge in [-0.15, -0.1) is 0 Å². The second kappa shape index (κ2) is 22.9. The van der Waals surface area contributed by atoms with Crippen molar-refractivity contribution in [3.05, 3.63) is 24.3 Å². The maximum Gasteiger partial charge on any atom is 0.333 e. The Kier molecular flexibility index (Phi) is 19.1. The van der Waals surface area contributed by atoms with E-state index in [1.807, 2.05) is 55.4 Å². The lowest BCUT2D eigenvalue weighted by Crippen LogP contribution is -2.42. The standard InChI is InChI=1S/C15H19NO4.C15H28O2.C13H13NO4.C13H22O2.H2P/c1-4-14(2,3)12(17)19-10-8-5-9-11(10)20-13(18)15(9,6-8)7-16;1-6-14(2,3)13(16)17-15(4,5)12-10-8-7-9-11-12;1-6(2)11(15)17-9-7-3-8-10(9)18-12(16)13(8,4-7)5-14;1-10(2)12(14)15-13(3,4)11-8-6-5-7-9-11;/h8-11H,4-6H2,1-3H3;12H,6-11H2,1-5H3;7-10H,1,3-4H2,2H3;11H,1,5-9H2,2-4H3;1H2/q;;;;-1. The van der Waals surface area contributed by atoms with Gasteiger partial charge in [0.2, 0.25) is 0 Å². The van der Waals surface area contributed by atoms with Crippen LogP contribution in [-0.4, -0.2) is 71.4 Å². The van der Waals surface area contributed by atoms with E-state index in [0.717, 1.165) is 19.3 Å². The normalized spacial score (nSPS) is 31.2. The van der Waals surface area contributed by atoms with Gasteiger partial charge < -0.3 is 38.3 Å². The number of ether oxygens (including phenoxy) is 6. The van der Waals surface area contributed by atoms with Crippen LogP contribution in [0, 0.1) is 79.8 Å². The summed E-state index contributed by atoms with van der Waals surface area (Å²) >= 11 is 0. The van der Waals surface area contributed by atoms with Crippen LogP contribution in [0.1, 0.15) is 186 Å². The topological polar surface area (TPSA) is 205 Å². The van der Waals surface area contributed by atoms with E-state index in [-0.39, 0.29) is 74.2 Å². The molecule has 2 saturated heterocycles. The zero-order valence-corrected chi connectivity index (χ0v) is 46.0. The van der Waals surface area contributed by atoms with E-state index < -0.39 is 52.5 Å². The third-order valence-electron chi connectivity index (χ3n) is 17.5. The van der Waals surface area contributed by atoms with Gasteiger partial charge >= 0.3 is 35.8 Å². The summed E-state index contributed by atoms with van der Waals surface area (Å²) in [5.41, 5.74) is -2.67. The SMILES string of the molecule is C=C(C)C(=O)OC(C)(C)C1CCCCC1.C=C(C)C(=O)OC1C2CC3C1OC(=O)C3(C#N)C2.CCC(C)(C)C(=O)OC(C)(C)C1CCCCC1.CCC(C)(C)C(=O)OC1C2CC3C1OC(=O)C3(C#N)C2.[PH2-].